The number of hydrogen-bond donors (Lipinski definition) is 1. The molecule has 1 aromatic rings. The highest BCUT2D eigenvalue weighted by Crippen LogP contribution is 2.18. The number of nitrogens with zero attached hydrogens (tertiary/aromatic N) is 2. The fourth-order valence-electron chi connectivity index (χ4n) is 2.23. The van der Waals surface area contributed by atoms with Gasteiger partial charge in [-0.1, -0.05) is 6.92 Å². The van der Waals surface area contributed by atoms with Gasteiger partial charge in [-0.15, -0.1) is 0 Å². The lowest BCUT2D eigenvalue weighted by Gasteiger charge is -2.31. The van der Waals surface area contributed by atoms with Gasteiger partial charge in [0.25, 0.3) is 0 Å². The van der Waals surface area contributed by atoms with Crippen molar-refractivity contribution in [1.82, 2.24) is 9.88 Å². The van der Waals surface area contributed by atoms with E-state index in [1.54, 1.807) is 32.2 Å². The zero-order chi connectivity index (χ0) is 15.2. The van der Waals surface area contributed by atoms with Gasteiger partial charge in [-0.3, -0.25) is 9.59 Å². The van der Waals surface area contributed by atoms with Crippen LogP contribution in [-0.2, 0) is 9.59 Å². The van der Waals surface area contributed by atoms with Crippen LogP contribution in [0.4, 0.5) is 5.69 Å². The molecule has 2 rings (SSSR count). The number of aromatic nitrogens is 1. The first-order valence-electron chi connectivity index (χ1n) is 7.26. The molecule has 1 aliphatic heterocycles. The van der Waals surface area contributed by atoms with Gasteiger partial charge in [0.2, 0.25) is 17.7 Å². The molecule has 0 spiro atoms. The number of ether oxygens (including phenoxy) is 1. The van der Waals surface area contributed by atoms with Crippen LogP contribution in [0.2, 0.25) is 0 Å². The van der Waals surface area contributed by atoms with Crippen molar-refractivity contribution in [3.8, 4) is 5.88 Å². The van der Waals surface area contributed by atoms with Crippen LogP contribution in [0.1, 0.15) is 33.1 Å². The minimum Gasteiger partial charge on any atom is -0.474 e. The summed E-state index contributed by atoms with van der Waals surface area (Å²) in [6.45, 7) is 4.84. The van der Waals surface area contributed by atoms with Gasteiger partial charge in [0.15, 0.2) is 0 Å². The highest BCUT2D eigenvalue weighted by molar-refractivity contribution is 5.90. The third-order valence-corrected chi connectivity index (χ3v) is 3.52. The van der Waals surface area contributed by atoms with Crippen LogP contribution in [0.15, 0.2) is 18.3 Å². The van der Waals surface area contributed by atoms with Crippen molar-refractivity contribution in [2.45, 2.75) is 39.2 Å². The van der Waals surface area contributed by atoms with Crippen molar-refractivity contribution in [3.63, 3.8) is 0 Å². The number of nitrogens with one attached hydrogen (secondary N) is 1. The molecule has 6 nitrogen and oxygen atoms in total. The van der Waals surface area contributed by atoms with Gasteiger partial charge in [0.1, 0.15) is 6.10 Å². The van der Waals surface area contributed by atoms with Crippen LogP contribution >= 0.6 is 0 Å². The molecule has 0 saturated carbocycles. The zero-order valence-corrected chi connectivity index (χ0v) is 12.5. The number of carbonyl (C=O) groups is 2. The summed E-state index contributed by atoms with van der Waals surface area (Å²) < 4.78 is 5.81. The van der Waals surface area contributed by atoms with E-state index in [9.17, 15) is 9.59 Å². The molecule has 1 aromatic heterocycles. The lowest BCUT2D eigenvalue weighted by molar-refractivity contribution is -0.130. The minimum absolute atomic E-state index is 0.0397. The third kappa shape index (κ3) is 4.44. The van der Waals surface area contributed by atoms with E-state index in [1.807, 2.05) is 4.90 Å². The summed E-state index contributed by atoms with van der Waals surface area (Å²) in [7, 11) is 0. The van der Waals surface area contributed by atoms with E-state index in [0.717, 1.165) is 25.9 Å². The molecule has 1 N–H and O–H groups in total. The molecule has 2 heterocycles. The Hall–Kier alpha value is -2.11. The maximum absolute atomic E-state index is 11.3. The Morgan fingerprint density at radius 1 is 1.38 bits per heavy atom. The van der Waals surface area contributed by atoms with Gasteiger partial charge in [-0.25, -0.2) is 4.98 Å². The topological polar surface area (TPSA) is 71.5 Å². The molecule has 114 valence electrons. The second-order valence-electron chi connectivity index (χ2n) is 5.11. The smallest absolute Gasteiger partial charge is 0.224 e. The number of piperidine rings is 1. The lowest BCUT2D eigenvalue weighted by Crippen LogP contribution is -2.40. The molecule has 1 fully saturated rings. The monoisotopic (exact) mass is 291 g/mol. The van der Waals surface area contributed by atoms with Gasteiger partial charge in [0, 0.05) is 45.3 Å². The van der Waals surface area contributed by atoms with E-state index in [-0.39, 0.29) is 17.9 Å². The number of amides is 2. The van der Waals surface area contributed by atoms with E-state index < -0.39 is 0 Å². The predicted molar refractivity (Wildman–Crippen MR) is 79.1 cm³/mol. The number of anilines is 1. The SMILES string of the molecule is CCC(=O)Nc1ccc(OC2CCN(C(C)=O)CC2)nc1. The highest BCUT2D eigenvalue weighted by Gasteiger charge is 2.22. The molecule has 1 aliphatic rings. The Balaban J connectivity index is 1.84. The van der Waals surface area contributed by atoms with Crippen molar-refractivity contribution < 1.29 is 14.3 Å². The van der Waals surface area contributed by atoms with Crippen molar-refractivity contribution in [2.75, 3.05) is 18.4 Å². The number of rotatable bonds is 4. The summed E-state index contributed by atoms with van der Waals surface area (Å²) in [5.74, 6) is 0.621. The molecular weight excluding hydrogens is 270 g/mol. The Morgan fingerprint density at radius 3 is 2.62 bits per heavy atom. The molecule has 0 aromatic carbocycles. The maximum Gasteiger partial charge on any atom is 0.224 e. The normalized spacial score (nSPS) is 15.6. The van der Waals surface area contributed by atoms with Crippen LogP contribution < -0.4 is 10.1 Å². The first-order valence-corrected chi connectivity index (χ1v) is 7.26. The fraction of sp³-hybridized carbons (Fsp3) is 0.533. The lowest BCUT2D eigenvalue weighted by atomic mass is 10.1. The summed E-state index contributed by atoms with van der Waals surface area (Å²) in [6.07, 6.45) is 3.75. The standard InChI is InChI=1S/C15H21N3O3/c1-3-14(20)17-12-4-5-15(16-10-12)21-13-6-8-18(9-7-13)11(2)19/h4-5,10,13H,3,6-9H2,1-2H3,(H,17,20). The number of carbonyl (C=O) groups excluding carboxylic acids is 2. The predicted octanol–water partition coefficient (Wildman–Crippen LogP) is 1.82. The largest absolute Gasteiger partial charge is 0.474 e. The van der Waals surface area contributed by atoms with Crippen LogP contribution in [0.25, 0.3) is 0 Å². The second kappa shape index (κ2) is 7.06. The summed E-state index contributed by atoms with van der Waals surface area (Å²) in [5, 5.41) is 2.74. The van der Waals surface area contributed by atoms with Gasteiger partial charge in [-0.05, 0) is 6.07 Å². The van der Waals surface area contributed by atoms with Crippen molar-refractivity contribution >= 4 is 17.5 Å². The number of hydrogen-bond acceptors (Lipinski definition) is 4. The van der Waals surface area contributed by atoms with Gasteiger partial charge in [0.05, 0.1) is 11.9 Å². The molecule has 0 radical (unpaired) electrons. The Morgan fingerprint density at radius 2 is 2.10 bits per heavy atom. The first kappa shape index (κ1) is 15.3. The highest BCUT2D eigenvalue weighted by atomic mass is 16.5. The van der Waals surface area contributed by atoms with Crippen molar-refractivity contribution in [3.05, 3.63) is 18.3 Å². The average molecular weight is 291 g/mol. The first-order chi connectivity index (χ1) is 10.1. The molecule has 21 heavy (non-hydrogen) atoms. The molecule has 0 bridgehead atoms. The van der Waals surface area contributed by atoms with Crippen molar-refractivity contribution in [1.29, 1.82) is 0 Å². The van der Waals surface area contributed by atoms with Crippen LogP contribution in [0.3, 0.4) is 0 Å². The second-order valence-corrected chi connectivity index (χ2v) is 5.11. The molecule has 6 heteroatoms. The minimum atomic E-state index is -0.0397. The molecular formula is C15H21N3O3. The van der Waals surface area contributed by atoms with E-state index in [1.165, 1.54) is 0 Å². The summed E-state index contributed by atoms with van der Waals surface area (Å²) in [6, 6.07) is 3.53. The number of likely N-dealkylation sites (tertiary alicyclic amines) is 1. The van der Waals surface area contributed by atoms with E-state index in [0.29, 0.717) is 18.0 Å². The van der Waals surface area contributed by atoms with Crippen LogP contribution in [0.5, 0.6) is 5.88 Å². The maximum atomic E-state index is 11.3. The molecule has 2 amide bonds. The Labute approximate surface area is 124 Å². The summed E-state index contributed by atoms with van der Waals surface area (Å²) in [5.41, 5.74) is 0.667. The van der Waals surface area contributed by atoms with Gasteiger partial charge < -0.3 is 15.0 Å². The quantitative estimate of drug-likeness (QED) is 0.918. The van der Waals surface area contributed by atoms with Gasteiger partial charge in [-0.2, -0.15) is 0 Å². The van der Waals surface area contributed by atoms with E-state index >= 15 is 0 Å². The Kier molecular flexibility index (Phi) is 5.14. The summed E-state index contributed by atoms with van der Waals surface area (Å²) in [4.78, 5) is 28.5. The van der Waals surface area contributed by atoms with Gasteiger partial charge >= 0.3 is 0 Å². The third-order valence-electron chi connectivity index (χ3n) is 3.52. The molecule has 1 saturated heterocycles. The Bertz CT molecular complexity index is 493. The fourth-order valence-corrected chi connectivity index (χ4v) is 2.23. The van der Waals surface area contributed by atoms with E-state index in [2.05, 4.69) is 10.3 Å². The number of pyridine rings is 1. The molecule has 0 unspecified atom stereocenters. The van der Waals surface area contributed by atoms with Crippen LogP contribution in [-0.4, -0.2) is 40.9 Å². The van der Waals surface area contributed by atoms with Crippen LogP contribution in [0, 0.1) is 0 Å². The van der Waals surface area contributed by atoms with Crippen molar-refractivity contribution in [2.24, 2.45) is 0 Å². The van der Waals surface area contributed by atoms with E-state index in [4.69, 9.17) is 4.74 Å². The average Bonchev–Trinajstić information content (AvgIpc) is 2.49. The molecule has 0 atom stereocenters. The summed E-state index contributed by atoms with van der Waals surface area (Å²) >= 11 is 0. The zero-order valence-electron chi connectivity index (χ0n) is 12.5. The molecule has 0 aliphatic carbocycles.